The lowest BCUT2D eigenvalue weighted by Crippen LogP contribution is -1.84. The molecule has 0 nitrogen and oxygen atoms in total. The van der Waals surface area contributed by atoms with Crippen LogP contribution in [-0.2, 0) is 0 Å². The molecular weight excluding hydrogens is 240 g/mol. The van der Waals surface area contributed by atoms with Gasteiger partial charge in [0, 0.05) is 0 Å². The zero-order chi connectivity index (χ0) is 15.4. The SMILES string of the molecule is C/C(=C/c1ccccc1)c1ccccc1C.CC.CC. The number of allylic oxidation sites excluding steroid dienone is 1. The van der Waals surface area contributed by atoms with Crippen molar-refractivity contribution >= 4 is 11.6 Å². The fourth-order valence-electron chi connectivity index (χ4n) is 1.89. The van der Waals surface area contributed by atoms with Gasteiger partial charge < -0.3 is 0 Å². The van der Waals surface area contributed by atoms with E-state index in [0.29, 0.717) is 0 Å². The lowest BCUT2D eigenvalue weighted by molar-refractivity contribution is 1.41. The van der Waals surface area contributed by atoms with Gasteiger partial charge in [0.25, 0.3) is 0 Å². The Bertz CT molecular complexity index is 492. The van der Waals surface area contributed by atoms with Crippen LogP contribution < -0.4 is 0 Å². The largest absolute Gasteiger partial charge is 0.0683 e. The van der Waals surface area contributed by atoms with Gasteiger partial charge in [-0.1, -0.05) is 88.4 Å². The molecule has 0 amide bonds. The van der Waals surface area contributed by atoms with Crippen LogP contribution >= 0.6 is 0 Å². The maximum atomic E-state index is 2.22. The first-order valence-electron chi connectivity index (χ1n) is 7.57. The first-order chi connectivity index (χ1) is 9.77. The Morgan fingerprint density at radius 1 is 0.750 bits per heavy atom. The van der Waals surface area contributed by atoms with E-state index in [2.05, 4.69) is 68.5 Å². The summed E-state index contributed by atoms with van der Waals surface area (Å²) in [5, 5.41) is 0. The minimum absolute atomic E-state index is 1.25. The van der Waals surface area contributed by atoms with E-state index in [1.54, 1.807) is 0 Å². The third-order valence-electron chi connectivity index (χ3n) is 2.75. The Labute approximate surface area is 125 Å². The van der Waals surface area contributed by atoms with Crippen LogP contribution in [0.3, 0.4) is 0 Å². The van der Waals surface area contributed by atoms with Crippen molar-refractivity contribution in [1.82, 2.24) is 0 Å². The van der Waals surface area contributed by atoms with Crippen LogP contribution in [0.4, 0.5) is 0 Å². The first kappa shape index (κ1) is 18.2. The smallest absolute Gasteiger partial charge is 0.0198 e. The fraction of sp³-hybridized carbons (Fsp3) is 0.300. The number of hydrogen-bond donors (Lipinski definition) is 0. The zero-order valence-electron chi connectivity index (χ0n) is 13.8. The predicted octanol–water partition coefficient (Wildman–Crippen LogP) is 6.61. The van der Waals surface area contributed by atoms with Crippen molar-refractivity contribution in [1.29, 1.82) is 0 Å². The van der Waals surface area contributed by atoms with Gasteiger partial charge in [-0.25, -0.2) is 0 Å². The molecule has 0 aromatic heterocycles. The summed E-state index contributed by atoms with van der Waals surface area (Å²) in [6, 6.07) is 18.9. The molecule has 0 radical (unpaired) electrons. The second-order valence-corrected chi connectivity index (χ2v) is 4.05. The van der Waals surface area contributed by atoms with E-state index in [1.165, 1.54) is 22.3 Å². The first-order valence-corrected chi connectivity index (χ1v) is 7.57. The molecule has 0 fully saturated rings. The maximum Gasteiger partial charge on any atom is -0.0198 e. The van der Waals surface area contributed by atoms with Gasteiger partial charge in [-0.15, -0.1) is 0 Å². The molecule has 0 heteroatoms. The van der Waals surface area contributed by atoms with Gasteiger partial charge in [-0.2, -0.15) is 0 Å². The van der Waals surface area contributed by atoms with Crippen molar-refractivity contribution < 1.29 is 0 Å². The van der Waals surface area contributed by atoms with Crippen molar-refractivity contribution in [3.63, 3.8) is 0 Å². The van der Waals surface area contributed by atoms with Crippen LogP contribution in [0.25, 0.3) is 11.6 Å². The second kappa shape index (κ2) is 11.0. The Kier molecular flexibility index (Phi) is 10.0. The Morgan fingerprint density at radius 3 is 1.80 bits per heavy atom. The summed E-state index contributed by atoms with van der Waals surface area (Å²) >= 11 is 0. The molecule has 0 aliphatic heterocycles. The molecular formula is C20H28. The van der Waals surface area contributed by atoms with E-state index in [-0.39, 0.29) is 0 Å². The van der Waals surface area contributed by atoms with Gasteiger partial charge in [0.05, 0.1) is 0 Å². The zero-order valence-corrected chi connectivity index (χ0v) is 13.8. The third-order valence-corrected chi connectivity index (χ3v) is 2.75. The molecule has 0 bridgehead atoms. The van der Waals surface area contributed by atoms with E-state index in [0.717, 1.165) is 0 Å². The van der Waals surface area contributed by atoms with Crippen molar-refractivity contribution in [2.45, 2.75) is 41.5 Å². The minimum Gasteiger partial charge on any atom is -0.0683 e. The van der Waals surface area contributed by atoms with E-state index in [4.69, 9.17) is 0 Å². The van der Waals surface area contributed by atoms with Gasteiger partial charge >= 0.3 is 0 Å². The van der Waals surface area contributed by atoms with E-state index < -0.39 is 0 Å². The molecule has 0 aliphatic rings. The number of hydrogen-bond acceptors (Lipinski definition) is 0. The minimum atomic E-state index is 1.25. The van der Waals surface area contributed by atoms with Gasteiger partial charge in [0.1, 0.15) is 0 Å². The summed E-state index contributed by atoms with van der Waals surface area (Å²) in [6.07, 6.45) is 2.22. The lowest BCUT2D eigenvalue weighted by atomic mass is 10.00. The molecule has 20 heavy (non-hydrogen) atoms. The van der Waals surface area contributed by atoms with Crippen molar-refractivity contribution in [3.05, 3.63) is 71.3 Å². The van der Waals surface area contributed by atoms with Gasteiger partial charge in [-0.05, 0) is 36.1 Å². The van der Waals surface area contributed by atoms with Crippen LogP contribution in [-0.4, -0.2) is 0 Å². The van der Waals surface area contributed by atoms with Crippen LogP contribution in [0.1, 0.15) is 51.3 Å². The molecule has 0 spiro atoms. The summed E-state index contributed by atoms with van der Waals surface area (Å²) in [4.78, 5) is 0. The van der Waals surface area contributed by atoms with Crippen LogP contribution in [0, 0.1) is 6.92 Å². The normalized spacial score (nSPS) is 9.80. The maximum absolute atomic E-state index is 2.22. The topological polar surface area (TPSA) is 0 Å². The summed E-state index contributed by atoms with van der Waals surface area (Å²) in [6.45, 7) is 12.3. The lowest BCUT2D eigenvalue weighted by Gasteiger charge is -2.05. The van der Waals surface area contributed by atoms with Crippen LogP contribution in [0.2, 0.25) is 0 Å². The molecule has 2 aromatic rings. The van der Waals surface area contributed by atoms with Crippen molar-refractivity contribution in [2.24, 2.45) is 0 Å². The second-order valence-electron chi connectivity index (χ2n) is 4.05. The highest BCUT2D eigenvalue weighted by Gasteiger charge is 1.98. The average molecular weight is 268 g/mol. The third kappa shape index (κ3) is 5.88. The van der Waals surface area contributed by atoms with Crippen molar-refractivity contribution in [3.8, 4) is 0 Å². The molecule has 0 aliphatic carbocycles. The molecule has 0 heterocycles. The molecule has 0 saturated carbocycles. The molecule has 0 atom stereocenters. The Balaban J connectivity index is 0.000000829. The predicted molar refractivity (Wildman–Crippen MR) is 93.9 cm³/mol. The molecule has 0 unspecified atom stereocenters. The van der Waals surface area contributed by atoms with Gasteiger partial charge in [-0.3, -0.25) is 0 Å². The highest BCUT2D eigenvalue weighted by molar-refractivity contribution is 5.81. The van der Waals surface area contributed by atoms with Crippen LogP contribution in [0.5, 0.6) is 0 Å². The molecule has 0 saturated heterocycles. The standard InChI is InChI=1S/C16H16.2C2H6/c1-13-8-6-7-11-16(13)14(2)12-15-9-4-3-5-10-15;2*1-2/h3-12H,1-2H3;2*1-2H3/b14-12-;;. The van der Waals surface area contributed by atoms with Gasteiger partial charge in [0.15, 0.2) is 0 Å². The van der Waals surface area contributed by atoms with Crippen LogP contribution in [0.15, 0.2) is 54.6 Å². The Hall–Kier alpha value is -1.82. The van der Waals surface area contributed by atoms with Gasteiger partial charge in [0.2, 0.25) is 0 Å². The number of benzene rings is 2. The quantitative estimate of drug-likeness (QED) is 0.538. The fourth-order valence-corrected chi connectivity index (χ4v) is 1.89. The monoisotopic (exact) mass is 268 g/mol. The van der Waals surface area contributed by atoms with E-state index in [9.17, 15) is 0 Å². The molecule has 2 rings (SSSR count). The molecule has 0 N–H and O–H groups in total. The van der Waals surface area contributed by atoms with E-state index >= 15 is 0 Å². The molecule has 2 aromatic carbocycles. The Morgan fingerprint density at radius 2 is 1.25 bits per heavy atom. The summed E-state index contributed by atoms with van der Waals surface area (Å²) in [5.74, 6) is 0. The molecule has 108 valence electrons. The average Bonchev–Trinajstić information content (AvgIpc) is 2.52. The highest BCUT2D eigenvalue weighted by atomic mass is 14.0. The van der Waals surface area contributed by atoms with E-state index in [1.807, 2.05) is 33.8 Å². The number of rotatable bonds is 2. The summed E-state index contributed by atoms with van der Waals surface area (Å²) < 4.78 is 0. The summed E-state index contributed by atoms with van der Waals surface area (Å²) in [7, 11) is 0. The van der Waals surface area contributed by atoms with Crippen molar-refractivity contribution in [2.75, 3.05) is 0 Å². The summed E-state index contributed by atoms with van der Waals surface area (Å²) in [5.41, 5.74) is 5.21. The number of aryl methyl sites for hydroxylation is 1. The highest BCUT2D eigenvalue weighted by Crippen LogP contribution is 2.20.